The van der Waals surface area contributed by atoms with Gasteiger partial charge in [0, 0.05) is 59.3 Å². The van der Waals surface area contributed by atoms with Gasteiger partial charge in [0.15, 0.2) is 0 Å². The van der Waals surface area contributed by atoms with Crippen molar-refractivity contribution in [3.63, 3.8) is 0 Å². The standard InChI is InChI=1S/C22H23N3O3S/c1-14(17-10-22(26)25-12-17)28-21-9-16(8-20-19(21)4-3-7-23-20)15-5-6-18(24-11-15)13-29(2)27/h3-9,11,14,17H,10,12-13H2,1-2H3,(H,25,26). The van der Waals surface area contributed by atoms with Crippen LogP contribution in [0.2, 0.25) is 0 Å². The molecule has 2 aromatic heterocycles. The molecule has 29 heavy (non-hydrogen) atoms. The van der Waals surface area contributed by atoms with E-state index in [1.807, 2.05) is 43.3 Å². The van der Waals surface area contributed by atoms with Gasteiger partial charge in [0.2, 0.25) is 5.91 Å². The maximum absolute atomic E-state index is 11.6. The summed E-state index contributed by atoms with van der Waals surface area (Å²) in [5.41, 5.74) is 3.54. The second kappa shape index (κ2) is 8.29. The third kappa shape index (κ3) is 4.45. The second-order valence-corrected chi connectivity index (χ2v) is 8.83. The minimum absolute atomic E-state index is 0.0740. The summed E-state index contributed by atoms with van der Waals surface area (Å²) in [6.07, 6.45) is 5.60. The lowest BCUT2D eigenvalue weighted by Crippen LogP contribution is -2.25. The molecule has 150 valence electrons. The highest BCUT2D eigenvalue weighted by Crippen LogP contribution is 2.33. The molecule has 1 fully saturated rings. The van der Waals surface area contributed by atoms with E-state index in [0.29, 0.717) is 18.7 Å². The lowest BCUT2D eigenvalue weighted by Gasteiger charge is -2.21. The van der Waals surface area contributed by atoms with E-state index in [0.717, 1.165) is 33.5 Å². The SMILES string of the molecule is CC(Oc1cc(-c2ccc(CS(C)=O)nc2)cc2ncccc12)C1CNC(=O)C1. The number of aromatic nitrogens is 2. The Morgan fingerprint density at radius 3 is 2.79 bits per heavy atom. The smallest absolute Gasteiger partial charge is 0.220 e. The number of amides is 1. The minimum Gasteiger partial charge on any atom is -0.490 e. The number of hydrogen-bond donors (Lipinski definition) is 1. The molecule has 0 spiro atoms. The van der Waals surface area contributed by atoms with Crippen LogP contribution in [0.5, 0.6) is 5.75 Å². The van der Waals surface area contributed by atoms with Gasteiger partial charge < -0.3 is 10.1 Å². The van der Waals surface area contributed by atoms with Crippen molar-refractivity contribution in [3.05, 3.63) is 54.5 Å². The van der Waals surface area contributed by atoms with Gasteiger partial charge in [0.1, 0.15) is 11.9 Å². The zero-order chi connectivity index (χ0) is 20.4. The predicted octanol–water partition coefficient (Wildman–Crippen LogP) is 3.08. The summed E-state index contributed by atoms with van der Waals surface area (Å²) in [4.78, 5) is 20.5. The molecule has 3 atom stereocenters. The van der Waals surface area contributed by atoms with Crippen molar-refractivity contribution in [1.29, 1.82) is 0 Å². The summed E-state index contributed by atoms with van der Waals surface area (Å²) in [7, 11) is -0.922. The molecule has 0 bridgehead atoms. The Bertz CT molecular complexity index is 1070. The Labute approximate surface area is 172 Å². The molecule has 1 amide bonds. The Hall–Kier alpha value is -2.80. The molecular weight excluding hydrogens is 386 g/mol. The maximum atomic E-state index is 11.6. The average molecular weight is 410 g/mol. The quantitative estimate of drug-likeness (QED) is 0.677. The van der Waals surface area contributed by atoms with Gasteiger partial charge >= 0.3 is 0 Å². The van der Waals surface area contributed by atoms with Crippen LogP contribution in [0.1, 0.15) is 19.0 Å². The van der Waals surface area contributed by atoms with Crippen LogP contribution in [0.25, 0.3) is 22.0 Å². The molecule has 1 aromatic carbocycles. The molecule has 0 radical (unpaired) electrons. The van der Waals surface area contributed by atoms with Crippen LogP contribution < -0.4 is 10.1 Å². The molecule has 1 aliphatic rings. The predicted molar refractivity (Wildman–Crippen MR) is 114 cm³/mol. The number of hydrogen-bond acceptors (Lipinski definition) is 5. The van der Waals surface area contributed by atoms with Gasteiger partial charge in [-0.1, -0.05) is 6.07 Å². The highest BCUT2D eigenvalue weighted by molar-refractivity contribution is 7.83. The molecule has 3 unspecified atom stereocenters. The molecule has 1 saturated heterocycles. The number of fused-ring (bicyclic) bond motifs is 1. The monoisotopic (exact) mass is 409 g/mol. The zero-order valence-corrected chi connectivity index (χ0v) is 17.2. The van der Waals surface area contributed by atoms with Gasteiger partial charge in [-0.3, -0.25) is 19.0 Å². The normalized spacial score (nSPS) is 18.4. The lowest BCUT2D eigenvalue weighted by atomic mass is 10.0. The minimum atomic E-state index is -0.922. The lowest BCUT2D eigenvalue weighted by molar-refractivity contribution is -0.119. The van der Waals surface area contributed by atoms with E-state index in [2.05, 4.69) is 15.3 Å². The van der Waals surface area contributed by atoms with E-state index in [4.69, 9.17) is 4.74 Å². The Morgan fingerprint density at radius 1 is 1.24 bits per heavy atom. The topological polar surface area (TPSA) is 81.2 Å². The maximum Gasteiger partial charge on any atom is 0.220 e. The number of carbonyl (C=O) groups is 1. The van der Waals surface area contributed by atoms with Gasteiger partial charge in [0.05, 0.1) is 17.0 Å². The summed E-state index contributed by atoms with van der Waals surface area (Å²) in [5, 5.41) is 3.80. The first-order valence-electron chi connectivity index (χ1n) is 9.57. The molecule has 6 nitrogen and oxygen atoms in total. The van der Waals surface area contributed by atoms with Crippen LogP contribution in [0.3, 0.4) is 0 Å². The van der Waals surface area contributed by atoms with Crippen LogP contribution in [0.4, 0.5) is 0 Å². The molecule has 7 heteroatoms. The van der Waals surface area contributed by atoms with Crippen LogP contribution >= 0.6 is 0 Å². The van der Waals surface area contributed by atoms with Crippen molar-refractivity contribution in [2.75, 3.05) is 12.8 Å². The number of rotatable bonds is 6. The van der Waals surface area contributed by atoms with E-state index < -0.39 is 10.8 Å². The summed E-state index contributed by atoms with van der Waals surface area (Å²) < 4.78 is 17.7. The van der Waals surface area contributed by atoms with Crippen LogP contribution in [-0.4, -0.2) is 39.0 Å². The fourth-order valence-electron chi connectivity index (χ4n) is 3.56. The van der Waals surface area contributed by atoms with Crippen molar-refractivity contribution in [1.82, 2.24) is 15.3 Å². The second-order valence-electron chi connectivity index (χ2n) is 7.39. The van der Waals surface area contributed by atoms with Gasteiger partial charge in [0.25, 0.3) is 0 Å². The molecular formula is C22H23N3O3S. The average Bonchev–Trinajstić information content (AvgIpc) is 3.14. The van der Waals surface area contributed by atoms with Gasteiger partial charge in [-0.25, -0.2) is 0 Å². The first-order chi connectivity index (χ1) is 14.0. The van der Waals surface area contributed by atoms with E-state index in [-0.39, 0.29) is 17.9 Å². The van der Waals surface area contributed by atoms with E-state index in [1.165, 1.54) is 0 Å². The molecule has 0 aliphatic carbocycles. The largest absolute Gasteiger partial charge is 0.490 e. The first kappa shape index (κ1) is 19.5. The van der Waals surface area contributed by atoms with Gasteiger partial charge in [-0.15, -0.1) is 0 Å². The number of benzene rings is 1. The van der Waals surface area contributed by atoms with Crippen LogP contribution in [0, 0.1) is 5.92 Å². The number of ether oxygens (including phenoxy) is 1. The molecule has 0 saturated carbocycles. The fraction of sp³-hybridized carbons (Fsp3) is 0.318. The summed E-state index contributed by atoms with van der Waals surface area (Å²) in [6.45, 7) is 2.64. The van der Waals surface area contributed by atoms with Crippen molar-refractivity contribution >= 4 is 27.6 Å². The third-order valence-corrected chi connectivity index (χ3v) is 5.88. The van der Waals surface area contributed by atoms with E-state index in [1.54, 1.807) is 18.6 Å². The number of nitrogens with zero attached hydrogens (tertiary/aromatic N) is 2. The fourth-order valence-corrected chi connectivity index (χ4v) is 4.14. The Balaban J connectivity index is 1.67. The van der Waals surface area contributed by atoms with Gasteiger partial charge in [-0.05, 0) is 42.8 Å². The Kier molecular flexibility index (Phi) is 5.58. The van der Waals surface area contributed by atoms with E-state index >= 15 is 0 Å². The van der Waals surface area contributed by atoms with Gasteiger partial charge in [-0.2, -0.15) is 0 Å². The number of carbonyl (C=O) groups excluding carboxylic acids is 1. The molecule has 3 heterocycles. The third-order valence-electron chi connectivity index (χ3n) is 5.18. The zero-order valence-electron chi connectivity index (χ0n) is 16.4. The summed E-state index contributed by atoms with van der Waals surface area (Å²) in [6, 6.07) is 11.8. The van der Waals surface area contributed by atoms with E-state index in [9.17, 15) is 9.00 Å². The van der Waals surface area contributed by atoms with Crippen molar-refractivity contribution in [3.8, 4) is 16.9 Å². The first-order valence-corrected chi connectivity index (χ1v) is 11.3. The molecule has 1 N–H and O–H groups in total. The van der Waals surface area contributed by atoms with Crippen LogP contribution in [-0.2, 0) is 21.3 Å². The highest BCUT2D eigenvalue weighted by Gasteiger charge is 2.28. The summed E-state index contributed by atoms with van der Waals surface area (Å²) in [5.74, 6) is 1.41. The molecule has 3 aromatic rings. The number of pyridine rings is 2. The van der Waals surface area contributed by atoms with Crippen molar-refractivity contribution in [2.24, 2.45) is 5.92 Å². The molecule has 4 rings (SSSR count). The summed E-state index contributed by atoms with van der Waals surface area (Å²) >= 11 is 0. The highest BCUT2D eigenvalue weighted by atomic mass is 32.2. The Morgan fingerprint density at radius 2 is 2.10 bits per heavy atom. The molecule has 1 aliphatic heterocycles. The van der Waals surface area contributed by atoms with Crippen molar-refractivity contribution < 1.29 is 13.7 Å². The van der Waals surface area contributed by atoms with Crippen molar-refractivity contribution in [2.45, 2.75) is 25.2 Å². The van der Waals surface area contributed by atoms with Crippen LogP contribution in [0.15, 0.2) is 48.8 Å². The number of nitrogens with one attached hydrogen (secondary N) is 1.